The van der Waals surface area contributed by atoms with Crippen molar-refractivity contribution in [3.8, 4) is 0 Å². The molecule has 3 rings (SSSR count). The van der Waals surface area contributed by atoms with E-state index >= 15 is 0 Å². The van der Waals surface area contributed by atoms with Crippen molar-refractivity contribution in [3.63, 3.8) is 0 Å². The highest BCUT2D eigenvalue weighted by Gasteiger charge is 2.23. The summed E-state index contributed by atoms with van der Waals surface area (Å²) in [5.74, 6) is 1.80. The van der Waals surface area contributed by atoms with Crippen molar-refractivity contribution in [3.05, 3.63) is 67.1 Å². The molecule has 2 heterocycles. The van der Waals surface area contributed by atoms with E-state index in [9.17, 15) is 0 Å². The molecule has 1 aliphatic rings. The van der Waals surface area contributed by atoms with E-state index in [0.29, 0.717) is 19.1 Å². The minimum atomic E-state index is 0.389. The van der Waals surface area contributed by atoms with Crippen LogP contribution in [0.25, 0.3) is 0 Å². The van der Waals surface area contributed by atoms with E-state index in [2.05, 4.69) is 57.4 Å². The van der Waals surface area contributed by atoms with Gasteiger partial charge in [0.1, 0.15) is 5.76 Å². The van der Waals surface area contributed by atoms with Gasteiger partial charge in [0, 0.05) is 44.3 Å². The van der Waals surface area contributed by atoms with Crippen molar-refractivity contribution >= 4 is 11.6 Å². The molecule has 1 fully saturated rings. The molecule has 132 valence electrons. The summed E-state index contributed by atoms with van der Waals surface area (Å²) < 4.78 is 5.36. The maximum absolute atomic E-state index is 5.36. The Labute approximate surface area is 149 Å². The number of rotatable bonds is 7. The monoisotopic (exact) mass is 338 g/mol. The first-order valence-corrected chi connectivity index (χ1v) is 8.83. The number of benzene rings is 1. The number of hydrogen-bond acceptors (Lipinski definition) is 3. The fraction of sp³-hybridized carbons (Fsp3) is 0.350. The van der Waals surface area contributed by atoms with E-state index in [1.807, 2.05) is 18.2 Å². The van der Waals surface area contributed by atoms with E-state index in [1.54, 1.807) is 6.26 Å². The number of aliphatic imine (C=N–C) groups is 1. The summed E-state index contributed by atoms with van der Waals surface area (Å²) in [5.41, 5.74) is 1.28. The molecule has 2 N–H and O–H groups in total. The van der Waals surface area contributed by atoms with Gasteiger partial charge in [0.2, 0.25) is 0 Å². The summed E-state index contributed by atoms with van der Waals surface area (Å²) in [4.78, 5) is 7.07. The van der Waals surface area contributed by atoms with Crippen molar-refractivity contribution in [1.29, 1.82) is 0 Å². The van der Waals surface area contributed by atoms with Gasteiger partial charge >= 0.3 is 0 Å². The smallest absolute Gasteiger partial charge is 0.191 e. The van der Waals surface area contributed by atoms with Gasteiger partial charge in [-0.3, -0.25) is 4.99 Å². The Kier molecular flexibility index (Phi) is 6.15. The summed E-state index contributed by atoms with van der Waals surface area (Å²) in [5, 5.41) is 6.85. The molecule has 0 saturated carbocycles. The quantitative estimate of drug-likeness (QED) is 0.463. The first-order chi connectivity index (χ1) is 12.3. The third kappa shape index (κ3) is 5.14. The highest BCUT2D eigenvalue weighted by Crippen LogP contribution is 2.19. The Morgan fingerprint density at radius 2 is 2.16 bits per heavy atom. The topological polar surface area (TPSA) is 52.8 Å². The Bertz CT molecular complexity index is 666. The van der Waals surface area contributed by atoms with Crippen LogP contribution in [0.4, 0.5) is 5.69 Å². The number of anilines is 1. The second-order valence-corrected chi connectivity index (χ2v) is 6.14. The number of para-hydroxylation sites is 1. The fourth-order valence-electron chi connectivity index (χ4n) is 3.00. The van der Waals surface area contributed by atoms with Crippen molar-refractivity contribution in [2.24, 2.45) is 4.99 Å². The maximum atomic E-state index is 5.36. The van der Waals surface area contributed by atoms with Crippen molar-refractivity contribution < 1.29 is 4.42 Å². The third-order valence-electron chi connectivity index (χ3n) is 4.27. The standard InChI is InChI=1S/C20H26N4O/c1-2-12-21-20(22-13-10-19-9-6-15-25-19)23-17-11-14-24(16-17)18-7-4-3-5-8-18/h2-9,15,17H,1,10-14,16H2,(H2,21,22,23). The van der Waals surface area contributed by atoms with Gasteiger partial charge in [-0.05, 0) is 30.7 Å². The second-order valence-electron chi connectivity index (χ2n) is 6.14. The van der Waals surface area contributed by atoms with Crippen LogP contribution in [0, 0.1) is 0 Å². The molecule has 1 aromatic carbocycles. The van der Waals surface area contributed by atoms with E-state index in [0.717, 1.165) is 37.7 Å². The van der Waals surface area contributed by atoms with Crippen LogP contribution in [0.2, 0.25) is 0 Å². The molecule has 0 radical (unpaired) electrons. The van der Waals surface area contributed by atoms with Gasteiger partial charge in [-0.2, -0.15) is 0 Å². The fourth-order valence-corrected chi connectivity index (χ4v) is 3.00. The molecule has 1 aromatic heterocycles. The van der Waals surface area contributed by atoms with Crippen LogP contribution in [-0.4, -0.2) is 38.2 Å². The molecule has 2 aromatic rings. The van der Waals surface area contributed by atoms with Gasteiger partial charge < -0.3 is 20.0 Å². The molecule has 0 aliphatic carbocycles. The van der Waals surface area contributed by atoms with Crippen LogP contribution < -0.4 is 15.5 Å². The molecule has 1 unspecified atom stereocenters. The molecule has 0 amide bonds. The first-order valence-electron chi connectivity index (χ1n) is 8.83. The number of furan rings is 1. The van der Waals surface area contributed by atoms with Crippen molar-refractivity contribution in [2.75, 3.05) is 31.1 Å². The molecular weight excluding hydrogens is 312 g/mol. The summed E-state index contributed by atoms with van der Waals surface area (Å²) in [6, 6.07) is 14.8. The van der Waals surface area contributed by atoms with Crippen LogP contribution in [0.15, 0.2) is 70.8 Å². The second kappa shape index (κ2) is 8.97. The Balaban J connectivity index is 1.53. The molecule has 0 spiro atoms. The molecule has 5 heteroatoms. The minimum absolute atomic E-state index is 0.389. The van der Waals surface area contributed by atoms with E-state index < -0.39 is 0 Å². The first kappa shape index (κ1) is 17.1. The van der Waals surface area contributed by atoms with E-state index in [-0.39, 0.29) is 0 Å². The van der Waals surface area contributed by atoms with Crippen LogP contribution in [-0.2, 0) is 6.42 Å². The molecular formula is C20H26N4O. The van der Waals surface area contributed by atoms with Crippen molar-refractivity contribution in [1.82, 2.24) is 10.6 Å². The van der Waals surface area contributed by atoms with Crippen LogP contribution in [0.1, 0.15) is 12.2 Å². The Morgan fingerprint density at radius 3 is 2.92 bits per heavy atom. The SMILES string of the molecule is C=CCNC(=NCCc1ccco1)NC1CCN(c2ccccc2)C1. The maximum Gasteiger partial charge on any atom is 0.191 e. The molecule has 1 aliphatic heterocycles. The van der Waals surface area contributed by atoms with Gasteiger partial charge in [0.15, 0.2) is 5.96 Å². The highest BCUT2D eigenvalue weighted by molar-refractivity contribution is 5.80. The zero-order valence-electron chi connectivity index (χ0n) is 14.5. The van der Waals surface area contributed by atoms with Gasteiger partial charge in [-0.25, -0.2) is 0 Å². The highest BCUT2D eigenvalue weighted by atomic mass is 16.3. The Hall–Kier alpha value is -2.69. The molecule has 5 nitrogen and oxygen atoms in total. The van der Waals surface area contributed by atoms with Crippen molar-refractivity contribution in [2.45, 2.75) is 18.9 Å². The molecule has 1 atom stereocenters. The summed E-state index contributed by atoms with van der Waals surface area (Å²) in [6.07, 6.45) is 5.44. The van der Waals surface area contributed by atoms with Crippen LogP contribution >= 0.6 is 0 Å². The molecule has 0 bridgehead atoms. The zero-order valence-corrected chi connectivity index (χ0v) is 14.5. The van der Waals surface area contributed by atoms with Crippen LogP contribution in [0.5, 0.6) is 0 Å². The van der Waals surface area contributed by atoms with Gasteiger partial charge in [0.05, 0.1) is 6.26 Å². The number of nitrogens with one attached hydrogen (secondary N) is 2. The third-order valence-corrected chi connectivity index (χ3v) is 4.27. The largest absolute Gasteiger partial charge is 0.469 e. The molecule has 1 saturated heterocycles. The van der Waals surface area contributed by atoms with E-state index in [1.165, 1.54) is 5.69 Å². The van der Waals surface area contributed by atoms with Gasteiger partial charge in [0.25, 0.3) is 0 Å². The summed E-state index contributed by atoms with van der Waals surface area (Å²) in [7, 11) is 0. The normalized spacial score (nSPS) is 17.5. The van der Waals surface area contributed by atoms with Crippen LogP contribution in [0.3, 0.4) is 0 Å². The lowest BCUT2D eigenvalue weighted by Crippen LogP contribution is -2.44. The lowest BCUT2D eigenvalue weighted by Gasteiger charge is -2.20. The van der Waals surface area contributed by atoms with Gasteiger partial charge in [-0.1, -0.05) is 24.3 Å². The van der Waals surface area contributed by atoms with E-state index in [4.69, 9.17) is 4.42 Å². The number of guanidine groups is 1. The lowest BCUT2D eigenvalue weighted by atomic mass is 10.2. The lowest BCUT2D eigenvalue weighted by molar-refractivity contribution is 0.510. The predicted octanol–water partition coefficient (Wildman–Crippen LogP) is 2.82. The average Bonchev–Trinajstić information content (AvgIpc) is 3.32. The zero-order chi connectivity index (χ0) is 17.3. The minimum Gasteiger partial charge on any atom is -0.469 e. The predicted molar refractivity (Wildman–Crippen MR) is 103 cm³/mol. The summed E-state index contributed by atoms with van der Waals surface area (Å²) >= 11 is 0. The number of hydrogen-bond donors (Lipinski definition) is 2. The average molecular weight is 338 g/mol. The number of nitrogens with zero attached hydrogens (tertiary/aromatic N) is 2. The summed E-state index contributed by atoms with van der Waals surface area (Å²) in [6.45, 7) is 7.20. The molecule has 25 heavy (non-hydrogen) atoms. The van der Waals surface area contributed by atoms with Gasteiger partial charge in [-0.15, -0.1) is 6.58 Å². The Morgan fingerprint density at radius 1 is 1.28 bits per heavy atom.